The summed E-state index contributed by atoms with van der Waals surface area (Å²) in [6.45, 7) is 6.74. The number of nitrogens with one attached hydrogen (secondary N) is 2. The van der Waals surface area contributed by atoms with E-state index in [9.17, 15) is 4.79 Å². The van der Waals surface area contributed by atoms with Gasteiger partial charge in [0.1, 0.15) is 0 Å². The van der Waals surface area contributed by atoms with Crippen molar-refractivity contribution < 1.29 is 4.79 Å². The smallest absolute Gasteiger partial charge is 0.315 e. The summed E-state index contributed by atoms with van der Waals surface area (Å²) in [7, 11) is 0. The second kappa shape index (κ2) is 7.66. The fourth-order valence-corrected chi connectivity index (χ4v) is 3.67. The van der Waals surface area contributed by atoms with Crippen molar-refractivity contribution in [1.29, 1.82) is 0 Å². The summed E-state index contributed by atoms with van der Waals surface area (Å²) in [5.74, 6) is 0. The number of amides is 2. The third-order valence-corrected chi connectivity index (χ3v) is 5.38. The second-order valence-electron chi connectivity index (χ2n) is 6.20. The van der Waals surface area contributed by atoms with Crippen LogP contribution in [-0.4, -0.2) is 24.1 Å². The van der Waals surface area contributed by atoms with Gasteiger partial charge in [0.05, 0.1) is 23.8 Å². The van der Waals surface area contributed by atoms with E-state index in [0.29, 0.717) is 6.54 Å². The Labute approximate surface area is 147 Å². The molecule has 2 aromatic rings. The van der Waals surface area contributed by atoms with Crippen LogP contribution in [0.25, 0.3) is 0 Å². The van der Waals surface area contributed by atoms with Crippen molar-refractivity contribution in [2.24, 2.45) is 0 Å². The second-order valence-corrected chi connectivity index (χ2v) is 7.14. The Kier molecular flexibility index (Phi) is 5.35. The van der Waals surface area contributed by atoms with Crippen molar-refractivity contribution in [3.05, 3.63) is 45.9 Å². The van der Waals surface area contributed by atoms with E-state index < -0.39 is 0 Å². The molecule has 0 radical (unpaired) electrons. The van der Waals surface area contributed by atoms with Crippen molar-refractivity contribution in [3.8, 4) is 0 Å². The first-order valence-electron chi connectivity index (χ1n) is 8.41. The Morgan fingerprint density at radius 1 is 1.38 bits per heavy atom. The number of rotatable bonds is 5. The molecule has 0 aliphatic carbocycles. The molecule has 0 saturated carbocycles. The van der Waals surface area contributed by atoms with Crippen molar-refractivity contribution in [1.82, 2.24) is 15.6 Å². The normalized spacial score (nSPS) is 15.3. The zero-order valence-electron chi connectivity index (χ0n) is 14.2. The number of carbonyl (C=O) groups is 1. The number of carbonyl (C=O) groups excluding carboxylic acids is 1. The molecule has 1 unspecified atom stereocenters. The standard InChI is InChI=1S/C18H24N4OS/c1-13(21-18(23)19-11-17-14(2)20-12-24-17)15-6-5-7-16(10-15)22-8-3-4-9-22/h5-7,10,12-13H,3-4,8-9,11H2,1-2H3,(H2,19,21,23). The average molecular weight is 344 g/mol. The molecule has 1 atom stereocenters. The SMILES string of the molecule is Cc1ncsc1CNC(=O)NC(C)c1cccc(N2CCCC2)c1. The molecule has 6 heteroatoms. The minimum atomic E-state index is -0.151. The molecule has 1 aliphatic heterocycles. The van der Waals surface area contributed by atoms with E-state index in [4.69, 9.17) is 0 Å². The van der Waals surface area contributed by atoms with Crippen LogP contribution in [0.5, 0.6) is 0 Å². The maximum absolute atomic E-state index is 12.1. The van der Waals surface area contributed by atoms with Crippen LogP contribution < -0.4 is 15.5 Å². The molecule has 1 fully saturated rings. The molecule has 128 valence electrons. The molecule has 1 aromatic carbocycles. The minimum absolute atomic E-state index is 0.0323. The third kappa shape index (κ3) is 4.06. The lowest BCUT2D eigenvalue weighted by Gasteiger charge is -2.21. The molecule has 1 saturated heterocycles. The number of aromatic nitrogens is 1. The van der Waals surface area contributed by atoms with E-state index in [2.05, 4.69) is 44.8 Å². The van der Waals surface area contributed by atoms with Crippen LogP contribution in [-0.2, 0) is 6.54 Å². The Bertz CT molecular complexity index is 694. The van der Waals surface area contributed by atoms with Gasteiger partial charge in [-0.1, -0.05) is 12.1 Å². The van der Waals surface area contributed by atoms with E-state index in [0.717, 1.165) is 29.2 Å². The van der Waals surface area contributed by atoms with Crippen LogP contribution in [0.3, 0.4) is 0 Å². The van der Waals surface area contributed by atoms with Gasteiger partial charge in [0.2, 0.25) is 0 Å². The zero-order valence-corrected chi connectivity index (χ0v) is 15.0. The van der Waals surface area contributed by atoms with Gasteiger partial charge in [0.25, 0.3) is 0 Å². The molecule has 5 nitrogen and oxygen atoms in total. The Hall–Kier alpha value is -2.08. The maximum atomic E-state index is 12.1. The van der Waals surface area contributed by atoms with Crippen LogP contribution in [0.1, 0.15) is 41.9 Å². The first kappa shape index (κ1) is 16.8. The van der Waals surface area contributed by atoms with Crippen molar-refractivity contribution >= 4 is 23.1 Å². The topological polar surface area (TPSA) is 57.3 Å². The third-order valence-electron chi connectivity index (χ3n) is 4.44. The molecule has 0 bridgehead atoms. The summed E-state index contributed by atoms with van der Waals surface area (Å²) in [6, 6.07) is 8.28. The van der Waals surface area contributed by atoms with Crippen LogP contribution in [0, 0.1) is 6.92 Å². The Morgan fingerprint density at radius 3 is 2.88 bits per heavy atom. The Morgan fingerprint density at radius 2 is 2.17 bits per heavy atom. The molecule has 2 N–H and O–H groups in total. The molecule has 0 spiro atoms. The Balaban J connectivity index is 1.56. The fraction of sp³-hybridized carbons (Fsp3) is 0.444. The monoisotopic (exact) mass is 344 g/mol. The molecule has 1 aliphatic rings. The summed E-state index contributed by atoms with van der Waals surface area (Å²) in [6.07, 6.45) is 2.52. The number of urea groups is 1. The van der Waals surface area contributed by atoms with Gasteiger partial charge in [-0.2, -0.15) is 0 Å². The van der Waals surface area contributed by atoms with Gasteiger partial charge in [-0.15, -0.1) is 11.3 Å². The first-order valence-corrected chi connectivity index (χ1v) is 9.29. The highest BCUT2D eigenvalue weighted by molar-refractivity contribution is 7.09. The molecular weight excluding hydrogens is 320 g/mol. The van der Waals surface area contributed by atoms with Gasteiger partial charge >= 0.3 is 6.03 Å². The molecule has 2 heterocycles. The highest BCUT2D eigenvalue weighted by Crippen LogP contribution is 2.24. The van der Waals surface area contributed by atoms with E-state index in [-0.39, 0.29) is 12.1 Å². The van der Waals surface area contributed by atoms with Gasteiger partial charge in [-0.25, -0.2) is 9.78 Å². The maximum Gasteiger partial charge on any atom is 0.315 e. The first-order chi connectivity index (χ1) is 11.6. The average Bonchev–Trinajstić information content (AvgIpc) is 3.25. The molecule has 24 heavy (non-hydrogen) atoms. The lowest BCUT2D eigenvalue weighted by atomic mass is 10.1. The van der Waals surface area contributed by atoms with Gasteiger partial charge in [0, 0.05) is 23.7 Å². The lowest BCUT2D eigenvalue weighted by molar-refractivity contribution is 0.237. The summed E-state index contributed by atoms with van der Waals surface area (Å²) in [5.41, 5.74) is 5.16. The van der Waals surface area contributed by atoms with E-state index >= 15 is 0 Å². The number of hydrogen-bond donors (Lipinski definition) is 2. The van der Waals surface area contributed by atoms with Crippen LogP contribution in [0.4, 0.5) is 10.5 Å². The summed E-state index contributed by atoms with van der Waals surface area (Å²) in [4.78, 5) is 19.8. The number of aryl methyl sites for hydroxylation is 1. The fourth-order valence-electron chi connectivity index (χ4n) is 2.95. The van der Waals surface area contributed by atoms with Gasteiger partial charge in [-0.3, -0.25) is 0 Å². The van der Waals surface area contributed by atoms with Crippen LogP contribution in [0.2, 0.25) is 0 Å². The summed E-state index contributed by atoms with van der Waals surface area (Å²) < 4.78 is 0. The molecule has 2 amide bonds. The predicted octanol–water partition coefficient (Wildman–Crippen LogP) is 3.61. The van der Waals surface area contributed by atoms with Crippen molar-refractivity contribution in [3.63, 3.8) is 0 Å². The van der Waals surface area contributed by atoms with Gasteiger partial charge < -0.3 is 15.5 Å². The van der Waals surface area contributed by atoms with E-state index in [1.165, 1.54) is 18.5 Å². The number of hydrogen-bond acceptors (Lipinski definition) is 4. The summed E-state index contributed by atoms with van der Waals surface area (Å²) >= 11 is 1.56. The number of nitrogens with zero attached hydrogens (tertiary/aromatic N) is 2. The van der Waals surface area contributed by atoms with Crippen molar-refractivity contribution in [2.45, 2.75) is 39.3 Å². The lowest BCUT2D eigenvalue weighted by Crippen LogP contribution is -2.36. The number of anilines is 1. The quantitative estimate of drug-likeness (QED) is 0.871. The van der Waals surface area contributed by atoms with Gasteiger partial charge in [0.15, 0.2) is 0 Å². The predicted molar refractivity (Wildman–Crippen MR) is 98.5 cm³/mol. The number of benzene rings is 1. The van der Waals surface area contributed by atoms with E-state index in [1.807, 2.05) is 13.8 Å². The largest absolute Gasteiger partial charge is 0.372 e. The van der Waals surface area contributed by atoms with E-state index in [1.54, 1.807) is 16.8 Å². The molecule has 1 aromatic heterocycles. The van der Waals surface area contributed by atoms with Crippen LogP contribution >= 0.6 is 11.3 Å². The highest BCUT2D eigenvalue weighted by Gasteiger charge is 2.15. The van der Waals surface area contributed by atoms with Crippen molar-refractivity contribution in [2.75, 3.05) is 18.0 Å². The van der Waals surface area contributed by atoms with Gasteiger partial charge in [-0.05, 0) is 44.4 Å². The summed E-state index contributed by atoms with van der Waals surface area (Å²) in [5, 5.41) is 5.92. The highest BCUT2D eigenvalue weighted by atomic mass is 32.1. The molecule has 3 rings (SSSR count). The molecular formula is C18H24N4OS. The van der Waals surface area contributed by atoms with Crippen LogP contribution in [0.15, 0.2) is 29.8 Å². The number of thiazole rings is 1. The zero-order chi connectivity index (χ0) is 16.9. The minimum Gasteiger partial charge on any atom is -0.372 e.